The number of carbonyl (C=O) groups is 1. The van der Waals surface area contributed by atoms with Gasteiger partial charge >= 0.3 is 5.97 Å². The highest BCUT2D eigenvalue weighted by Crippen LogP contribution is 1.98. The van der Waals surface area contributed by atoms with Crippen LogP contribution >= 0.6 is 0 Å². The van der Waals surface area contributed by atoms with Crippen molar-refractivity contribution in [3.63, 3.8) is 0 Å². The monoisotopic (exact) mass is 366 g/mol. The SMILES string of the molecule is CCCCCCOCCOCCOCCOCC.CCOCC(=O)O. The summed E-state index contributed by atoms with van der Waals surface area (Å²) in [4.78, 5) is 9.63. The van der Waals surface area contributed by atoms with E-state index >= 15 is 0 Å². The summed E-state index contributed by atoms with van der Waals surface area (Å²) in [5.41, 5.74) is 0. The highest BCUT2D eigenvalue weighted by Gasteiger charge is 1.92. The highest BCUT2D eigenvalue weighted by atomic mass is 16.6. The molecule has 0 aromatic carbocycles. The van der Waals surface area contributed by atoms with Crippen molar-refractivity contribution >= 4 is 5.97 Å². The summed E-state index contributed by atoms with van der Waals surface area (Å²) in [6.07, 6.45) is 5.00. The lowest BCUT2D eigenvalue weighted by Crippen LogP contribution is -2.12. The molecular formula is C18H38O7. The molecule has 0 saturated carbocycles. The minimum absolute atomic E-state index is 0.184. The second-order valence-corrected chi connectivity index (χ2v) is 5.13. The molecule has 0 spiro atoms. The van der Waals surface area contributed by atoms with E-state index in [2.05, 4.69) is 11.7 Å². The topological polar surface area (TPSA) is 83.5 Å². The summed E-state index contributed by atoms with van der Waals surface area (Å²) >= 11 is 0. The van der Waals surface area contributed by atoms with Crippen LogP contribution in [0.2, 0.25) is 0 Å². The van der Waals surface area contributed by atoms with Gasteiger partial charge < -0.3 is 28.8 Å². The van der Waals surface area contributed by atoms with Crippen LogP contribution in [-0.4, -0.2) is 77.1 Å². The Hall–Kier alpha value is -0.730. The van der Waals surface area contributed by atoms with Crippen molar-refractivity contribution in [2.24, 2.45) is 0 Å². The van der Waals surface area contributed by atoms with Gasteiger partial charge in [-0.25, -0.2) is 4.79 Å². The fourth-order valence-electron chi connectivity index (χ4n) is 1.62. The van der Waals surface area contributed by atoms with E-state index in [1.165, 1.54) is 19.3 Å². The molecule has 152 valence electrons. The van der Waals surface area contributed by atoms with Crippen LogP contribution in [0.4, 0.5) is 0 Å². The molecule has 0 aromatic heterocycles. The standard InChI is InChI=1S/C14H30O4.C4H8O3/c1-3-5-6-7-8-16-11-12-18-14-13-17-10-9-15-4-2;1-2-7-3-4(5)6/h3-14H2,1-2H3;2-3H2,1H3,(H,5,6). The number of carboxylic acid groups (broad SMARTS) is 1. The molecule has 0 unspecified atom stereocenters. The van der Waals surface area contributed by atoms with Crippen molar-refractivity contribution in [3.8, 4) is 0 Å². The van der Waals surface area contributed by atoms with Crippen LogP contribution in [0.3, 0.4) is 0 Å². The van der Waals surface area contributed by atoms with E-state index in [1.807, 2.05) is 6.92 Å². The number of rotatable bonds is 18. The van der Waals surface area contributed by atoms with Gasteiger partial charge in [0.2, 0.25) is 0 Å². The average Bonchev–Trinajstić information content (AvgIpc) is 2.61. The third kappa shape index (κ3) is 31.5. The van der Waals surface area contributed by atoms with E-state index in [-0.39, 0.29) is 6.61 Å². The normalized spacial score (nSPS) is 10.4. The first-order chi connectivity index (χ1) is 12.2. The Balaban J connectivity index is 0. The van der Waals surface area contributed by atoms with Crippen LogP contribution in [-0.2, 0) is 28.5 Å². The molecule has 7 heteroatoms. The minimum Gasteiger partial charge on any atom is -0.480 e. The Morgan fingerprint density at radius 2 is 1.12 bits per heavy atom. The van der Waals surface area contributed by atoms with Crippen molar-refractivity contribution in [3.05, 3.63) is 0 Å². The molecule has 0 radical (unpaired) electrons. The molecular weight excluding hydrogens is 328 g/mol. The first kappa shape index (κ1) is 26.5. The van der Waals surface area contributed by atoms with Gasteiger partial charge in [-0.15, -0.1) is 0 Å². The Bertz CT molecular complexity index is 234. The number of carboxylic acids is 1. The van der Waals surface area contributed by atoms with E-state index in [1.54, 1.807) is 6.92 Å². The first-order valence-electron chi connectivity index (χ1n) is 9.29. The lowest BCUT2D eigenvalue weighted by Gasteiger charge is -2.06. The van der Waals surface area contributed by atoms with Gasteiger partial charge in [0.1, 0.15) is 6.61 Å². The van der Waals surface area contributed by atoms with Gasteiger partial charge in [0, 0.05) is 19.8 Å². The third-order valence-electron chi connectivity index (χ3n) is 2.89. The van der Waals surface area contributed by atoms with Gasteiger partial charge in [-0.1, -0.05) is 26.2 Å². The number of hydrogen-bond donors (Lipinski definition) is 1. The maximum atomic E-state index is 9.63. The molecule has 0 heterocycles. The fourth-order valence-corrected chi connectivity index (χ4v) is 1.62. The molecule has 7 nitrogen and oxygen atoms in total. The molecule has 0 rings (SSSR count). The molecule has 0 aromatic rings. The van der Waals surface area contributed by atoms with Gasteiger partial charge in [0.05, 0.1) is 39.6 Å². The van der Waals surface area contributed by atoms with Gasteiger partial charge in [-0.05, 0) is 20.3 Å². The maximum Gasteiger partial charge on any atom is 0.329 e. The van der Waals surface area contributed by atoms with E-state index in [0.717, 1.165) is 19.6 Å². The smallest absolute Gasteiger partial charge is 0.329 e. The number of unbranched alkanes of at least 4 members (excludes halogenated alkanes) is 3. The van der Waals surface area contributed by atoms with Crippen LogP contribution in [0, 0.1) is 0 Å². The van der Waals surface area contributed by atoms with Crippen molar-refractivity contribution in [2.45, 2.75) is 46.5 Å². The van der Waals surface area contributed by atoms with Crippen LogP contribution in [0.5, 0.6) is 0 Å². The minimum atomic E-state index is -0.915. The van der Waals surface area contributed by atoms with Crippen molar-refractivity contribution in [1.82, 2.24) is 0 Å². The largest absolute Gasteiger partial charge is 0.480 e. The summed E-state index contributed by atoms with van der Waals surface area (Å²) in [6, 6.07) is 0. The molecule has 0 bridgehead atoms. The third-order valence-corrected chi connectivity index (χ3v) is 2.89. The maximum absolute atomic E-state index is 9.63. The highest BCUT2D eigenvalue weighted by molar-refractivity contribution is 5.67. The lowest BCUT2D eigenvalue weighted by atomic mass is 10.2. The second kappa shape index (κ2) is 25.5. The summed E-state index contributed by atoms with van der Waals surface area (Å²) in [5.74, 6) is -0.915. The Morgan fingerprint density at radius 1 is 0.640 bits per heavy atom. The zero-order valence-corrected chi connectivity index (χ0v) is 16.3. The van der Waals surface area contributed by atoms with E-state index < -0.39 is 5.97 Å². The zero-order valence-electron chi connectivity index (χ0n) is 16.3. The van der Waals surface area contributed by atoms with E-state index in [0.29, 0.717) is 46.2 Å². The van der Waals surface area contributed by atoms with Crippen LogP contribution in [0.15, 0.2) is 0 Å². The summed E-state index contributed by atoms with van der Waals surface area (Å²) in [7, 11) is 0. The fraction of sp³-hybridized carbons (Fsp3) is 0.944. The molecule has 0 fully saturated rings. The van der Waals surface area contributed by atoms with Gasteiger partial charge in [-0.3, -0.25) is 0 Å². The van der Waals surface area contributed by atoms with Crippen molar-refractivity contribution in [2.75, 3.05) is 66.1 Å². The Morgan fingerprint density at radius 3 is 1.52 bits per heavy atom. The van der Waals surface area contributed by atoms with Crippen LogP contribution in [0.1, 0.15) is 46.5 Å². The second-order valence-electron chi connectivity index (χ2n) is 5.13. The molecule has 25 heavy (non-hydrogen) atoms. The number of aliphatic carboxylic acids is 1. The summed E-state index contributed by atoms with van der Waals surface area (Å²) < 4.78 is 25.8. The molecule has 0 atom stereocenters. The summed E-state index contributed by atoms with van der Waals surface area (Å²) in [6.45, 7) is 11.7. The van der Waals surface area contributed by atoms with Crippen molar-refractivity contribution in [1.29, 1.82) is 0 Å². The van der Waals surface area contributed by atoms with Crippen molar-refractivity contribution < 1.29 is 33.6 Å². The van der Waals surface area contributed by atoms with E-state index in [9.17, 15) is 4.79 Å². The first-order valence-corrected chi connectivity index (χ1v) is 9.29. The summed E-state index contributed by atoms with van der Waals surface area (Å²) in [5, 5.41) is 7.92. The van der Waals surface area contributed by atoms with Gasteiger partial charge in [-0.2, -0.15) is 0 Å². The molecule has 0 aliphatic heterocycles. The van der Waals surface area contributed by atoms with E-state index in [4.69, 9.17) is 24.1 Å². The molecule has 0 amide bonds. The average molecular weight is 366 g/mol. The quantitative estimate of drug-likeness (QED) is 0.373. The molecule has 1 N–H and O–H groups in total. The Kier molecular flexibility index (Phi) is 27.0. The predicted molar refractivity (Wildman–Crippen MR) is 97.2 cm³/mol. The molecule has 0 saturated heterocycles. The lowest BCUT2D eigenvalue weighted by molar-refractivity contribution is -0.142. The van der Waals surface area contributed by atoms with Gasteiger partial charge in [0.15, 0.2) is 0 Å². The van der Waals surface area contributed by atoms with Crippen LogP contribution < -0.4 is 0 Å². The number of ether oxygens (including phenoxy) is 5. The van der Waals surface area contributed by atoms with Gasteiger partial charge in [0.25, 0.3) is 0 Å². The molecule has 0 aliphatic rings. The predicted octanol–water partition coefficient (Wildman–Crippen LogP) is 2.76. The zero-order chi connectivity index (χ0) is 19.0. The molecule has 0 aliphatic carbocycles. The van der Waals surface area contributed by atoms with Crippen LogP contribution in [0.25, 0.3) is 0 Å². The Labute approximate surface area is 152 Å². The number of hydrogen-bond acceptors (Lipinski definition) is 6.